The first-order chi connectivity index (χ1) is 11.0. The van der Waals surface area contributed by atoms with Crippen molar-refractivity contribution in [2.45, 2.75) is 56.8 Å². The summed E-state index contributed by atoms with van der Waals surface area (Å²) in [5, 5.41) is 9.30. The van der Waals surface area contributed by atoms with E-state index in [9.17, 15) is 17.9 Å². The van der Waals surface area contributed by atoms with E-state index >= 15 is 0 Å². The van der Waals surface area contributed by atoms with Crippen molar-refractivity contribution in [2.75, 3.05) is 6.61 Å². The summed E-state index contributed by atoms with van der Waals surface area (Å²) in [6, 6.07) is 5.94. The van der Waals surface area contributed by atoms with Crippen molar-refractivity contribution in [3.63, 3.8) is 0 Å². The van der Waals surface area contributed by atoms with Crippen LogP contribution in [0.1, 0.15) is 52.0 Å². The number of rotatable bonds is 5. The normalized spacial score (nSPS) is 22.3. The average molecular weight is 357 g/mol. The van der Waals surface area contributed by atoms with Crippen LogP contribution in [0.2, 0.25) is 0 Å². The zero-order valence-electron chi connectivity index (χ0n) is 14.4. The van der Waals surface area contributed by atoms with Crippen LogP contribution in [0, 0.1) is 5.82 Å². The molecule has 1 heterocycles. The third kappa shape index (κ3) is 3.47. The number of nitrogens with zero attached hydrogens (tertiary/aromatic N) is 1. The second-order valence-corrected chi connectivity index (χ2v) is 9.20. The van der Waals surface area contributed by atoms with E-state index in [0.29, 0.717) is 6.42 Å². The van der Waals surface area contributed by atoms with E-state index in [1.165, 1.54) is 12.1 Å². The molecule has 1 aliphatic heterocycles. The highest BCUT2D eigenvalue weighted by Gasteiger charge is 2.53. The van der Waals surface area contributed by atoms with Gasteiger partial charge in [0.15, 0.2) is 0 Å². The number of ether oxygens (including phenoxy) is 1. The van der Waals surface area contributed by atoms with Crippen molar-refractivity contribution in [1.29, 1.82) is 0 Å². The summed E-state index contributed by atoms with van der Waals surface area (Å²) in [5.41, 5.74) is -0.132. The Hall–Kier alpha value is -1.47. The minimum atomic E-state index is -3.73. The topological polar surface area (TPSA) is 76.0 Å². The lowest BCUT2D eigenvalue weighted by Crippen LogP contribution is -2.56. The molecule has 0 radical (unpaired) electrons. The highest BCUT2D eigenvalue weighted by molar-refractivity contribution is 7.91. The Bertz CT molecular complexity index is 723. The van der Waals surface area contributed by atoms with Crippen LogP contribution in [0.15, 0.2) is 28.7 Å². The van der Waals surface area contributed by atoms with Crippen molar-refractivity contribution < 1.29 is 22.7 Å². The van der Waals surface area contributed by atoms with Crippen molar-refractivity contribution in [1.82, 2.24) is 0 Å². The molecule has 1 atom stereocenters. The van der Waals surface area contributed by atoms with E-state index < -0.39 is 20.4 Å². The predicted octanol–water partition coefficient (Wildman–Crippen LogP) is 3.00. The molecule has 0 aliphatic carbocycles. The molecule has 1 aliphatic rings. The first-order valence-electron chi connectivity index (χ1n) is 7.89. The Balaban J connectivity index is 2.33. The number of benzene rings is 1. The van der Waals surface area contributed by atoms with E-state index in [4.69, 9.17) is 4.74 Å². The van der Waals surface area contributed by atoms with E-state index in [-0.39, 0.29) is 30.7 Å². The number of aliphatic hydroxyl groups excluding tert-OH is 1. The van der Waals surface area contributed by atoms with E-state index in [1.54, 1.807) is 39.8 Å². The standard InChI is InChI=1S/C17H24FNO4S/c1-16(2)17(3,4)24(21,22)19-15(23-16)11-13(9-10-20)12-5-7-14(18)8-6-12/h5-8,13,20H,9-11H2,1-4H3. The van der Waals surface area contributed by atoms with Gasteiger partial charge in [-0.2, -0.15) is 0 Å². The zero-order valence-corrected chi connectivity index (χ0v) is 15.2. The SMILES string of the molecule is CC1(C)OC(CC(CCO)c2ccc(F)cc2)=NS(=O)(=O)C1(C)C. The van der Waals surface area contributed by atoms with Crippen molar-refractivity contribution in [3.05, 3.63) is 35.6 Å². The Kier molecular flexibility index (Phi) is 5.06. The summed E-state index contributed by atoms with van der Waals surface area (Å²) in [7, 11) is -3.73. The molecule has 2 rings (SSSR count). The third-order valence-corrected chi connectivity index (χ3v) is 7.16. The molecule has 134 valence electrons. The quantitative estimate of drug-likeness (QED) is 0.879. The molecule has 1 unspecified atom stereocenters. The lowest BCUT2D eigenvalue weighted by atomic mass is 9.91. The summed E-state index contributed by atoms with van der Waals surface area (Å²) in [6.45, 7) is 6.55. The molecule has 0 saturated carbocycles. The van der Waals surface area contributed by atoms with Crippen molar-refractivity contribution in [2.24, 2.45) is 4.40 Å². The molecule has 0 fully saturated rings. The molecule has 1 N–H and O–H groups in total. The maximum atomic E-state index is 13.1. The Morgan fingerprint density at radius 1 is 1.21 bits per heavy atom. The first kappa shape index (κ1) is 18.9. The van der Waals surface area contributed by atoms with Gasteiger partial charge < -0.3 is 9.84 Å². The summed E-state index contributed by atoms with van der Waals surface area (Å²) in [4.78, 5) is 0. The fraction of sp³-hybridized carbons (Fsp3) is 0.588. The number of sulfonamides is 1. The van der Waals surface area contributed by atoms with Crippen molar-refractivity contribution in [3.8, 4) is 0 Å². The summed E-state index contributed by atoms with van der Waals surface area (Å²) < 4.78 is 46.6. The second-order valence-electron chi connectivity index (χ2n) is 7.05. The van der Waals surface area contributed by atoms with Gasteiger partial charge in [-0.15, -0.1) is 4.40 Å². The van der Waals surface area contributed by atoms with E-state index in [0.717, 1.165) is 5.56 Å². The van der Waals surface area contributed by atoms with Crippen molar-refractivity contribution >= 4 is 15.9 Å². The van der Waals surface area contributed by atoms with Gasteiger partial charge in [0.2, 0.25) is 5.90 Å². The molecule has 7 heteroatoms. The van der Waals surface area contributed by atoms with Crippen LogP contribution in [0.25, 0.3) is 0 Å². The molecule has 0 bridgehead atoms. The fourth-order valence-corrected chi connectivity index (χ4v) is 3.83. The van der Waals surface area contributed by atoms with Gasteiger partial charge in [-0.1, -0.05) is 12.1 Å². The van der Waals surface area contributed by atoms with Gasteiger partial charge in [-0.05, 0) is 57.7 Å². The molecular weight excluding hydrogens is 333 g/mol. The molecule has 24 heavy (non-hydrogen) atoms. The van der Waals surface area contributed by atoms with Gasteiger partial charge in [-0.3, -0.25) is 0 Å². The van der Waals surface area contributed by atoms with Crippen LogP contribution in [0.4, 0.5) is 4.39 Å². The number of halogens is 1. The lowest BCUT2D eigenvalue weighted by Gasteiger charge is -2.43. The zero-order chi connectivity index (χ0) is 18.2. The molecule has 0 aromatic heterocycles. The van der Waals surface area contributed by atoms with Gasteiger partial charge in [0.05, 0.1) is 0 Å². The molecule has 1 aromatic carbocycles. The third-order valence-electron chi connectivity index (χ3n) is 4.93. The predicted molar refractivity (Wildman–Crippen MR) is 91.1 cm³/mol. The molecule has 5 nitrogen and oxygen atoms in total. The van der Waals surface area contributed by atoms with Crippen LogP contribution in [0.5, 0.6) is 0 Å². The van der Waals surface area contributed by atoms with Gasteiger partial charge in [0.1, 0.15) is 16.2 Å². The highest BCUT2D eigenvalue weighted by Crippen LogP contribution is 2.39. The first-order valence-corrected chi connectivity index (χ1v) is 9.33. The smallest absolute Gasteiger partial charge is 0.265 e. The highest BCUT2D eigenvalue weighted by atomic mass is 32.2. The van der Waals surface area contributed by atoms with Gasteiger partial charge in [0, 0.05) is 13.0 Å². The minimum absolute atomic E-state index is 0.0725. The molecule has 1 aromatic rings. The number of aliphatic hydroxyl groups is 1. The van der Waals surface area contributed by atoms with E-state index in [2.05, 4.69) is 4.40 Å². The Morgan fingerprint density at radius 3 is 2.29 bits per heavy atom. The maximum absolute atomic E-state index is 13.1. The van der Waals surface area contributed by atoms with Gasteiger partial charge >= 0.3 is 0 Å². The summed E-state index contributed by atoms with van der Waals surface area (Å²) in [6.07, 6.45) is 0.628. The van der Waals surface area contributed by atoms with Crippen LogP contribution in [-0.4, -0.2) is 36.4 Å². The molecule has 0 saturated heterocycles. The molecule has 0 spiro atoms. The summed E-state index contributed by atoms with van der Waals surface area (Å²) >= 11 is 0. The largest absolute Gasteiger partial charge is 0.472 e. The fourth-order valence-electron chi connectivity index (χ4n) is 2.56. The monoisotopic (exact) mass is 357 g/mol. The Labute approximate surface area is 142 Å². The van der Waals surface area contributed by atoms with Gasteiger partial charge in [-0.25, -0.2) is 12.8 Å². The van der Waals surface area contributed by atoms with Crippen LogP contribution >= 0.6 is 0 Å². The summed E-state index contributed by atoms with van der Waals surface area (Å²) in [5.74, 6) is -0.429. The van der Waals surface area contributed by atoms with E-state index in [1.807, 2.05) is 0 Å². The van der Waals surface area contributed by atoms with Crippen LogP contribution in [-0.2, 0) is 14.8 Å². The molecular formula is C17H24FNO4S. The minimum Gasteiger partial charge on any atom is -0.472 e. The maximum Gasteiger partial charge on any atom is 0.265 e. The second kappa shape index (κ2) is 6.44. The molecule has 0 amide bonds. The van der Waals surface area contributed by atoms with Crippen LogP contribution < -0.4 is 0 Å². The number of hydrogen-bond donors (Lipinski definition) is 1. The Morgan fingerprint density at radius 2 is 1.79 bits per heavy atom. The van der Waals surface area contributed by atoms with Gasteiger partial charge in [0.25, 0.3) is 10.0 Å². The number of hydrogen-bond acceptors (Lipinski definition) is 4. The average Bonchev–Trinajstić information content (AvgIpc) is 2.45. The lowest BCUT2D eigenvalue weighted by molar-refractivity contribution is 0.0504. The van der Waals surface area contributed by atoms with Crippen LogP contribution in [0.3, 0.4) is 0 Å².